The van der Waals surface area contributed by atoms with Crippen LogP contribution in [0.1, 0.15) is 160 Å². The summed E-state index contributed by atoms with van der Waals surface area (Å²) in [6.07, 6.45) is 8.12. The van der Waals surface area contributed by atoms with Gasteiger partial charge in [-0.15, -0.1) is 0 Å². The van der Waals surface area contributed by atoms with Gasteiger partial charge in [-0.2, -0.15) is 0 Å². The van der Waals surface area contributed by atoms with Gasteiger partial charge in [-0.1, -0.05) is 13.8 Å². The summed E-state index contributed by atoms with van der Waals surface area (Å²) < 4.78 is 6.64. The van der Waals surface area contributed by atoms with Crippen molar-refractivity contribution >= 4 is 100 Å². The van der Waals surface area contributed by atoms with E-state index >= 15 is 0 Å². The van der Waals surface area contributed by atoms with Gasteiger partial charge in [0.1, 0.15) is 11.5 Å². The molecular formula is C71H80N6O8. The van der Waals surface area contributed by atoms with Gasteiger partial charge in [0.05, 0.1) is 22.2 Å². The van der Waals surface area contributed by atoms with Crippen molar-refractivity contribution in [1.29, 1.82) is 0 Å². The maximum Gasteiger partial charge on any atom is 0.166 e. The van der Waals surface area contributed by atoms with Crippen LogP contribution in [0.25, 0.3) is 65.4 Å². The van der Waals surface area contributed by atoms with E-state index in [2.05, 4.69) is 42.5 Å². The Morgan fingerprint density at radius 2 is 0.894 bits per heavy atom. The van der Waals surface area contributed by atoms with Crippen molar-refractivity contribution in [3.05, 3.63) is 130 Å². The fourth-order valence-corrected chi connectivity index (χ4v) is 13.9. The van der Waals surface area contributed by atoms with Crippen LogP contribution in [0, 0.1) is 11.8 Å². The first-order chi connectivity index (χ1) is 40.8. The highest BCUT2D eigenvalue weighted by Crippen LogP contribution is 2.40. The number of carbonyl (C=O) groups is 6. The number of hydrogen-bond acceptors (Lipinski definition) is 11. The Bertz CT molecular complexity index is 4160. The number of aryl methyl sites for hydroxylation is 3. The van der Waals surface area contributed by atoms with Crippen LogP contribution in [-0.4, -0.2) is 133 Å². The third-order valence-corrected chi connectivity index (χ3v) is 19.0. The topological polar surface area (TPSA) is 167 Å². The molecule has 6 aromatic carbocycles. The fourth-order valence-electron chi connectivity index (χ4n) is 13.9. The van der Waals surface area contributed by atoms with E-state index in [4.69, 9.17) is 0 Å². The number of phenols is 2. The SMILES string of the molecule is CC(=O)c1ccc2c(c1)c1cc(C(=O)CCC(C)C(=O)c3ccc4c(c3)c3cc(C(=O)C(C)CCC(=O)c5cc6c7cc(C(C)=O)c(O)cc7n(CCC7CCCN7C)c6cc5O)ccc3n4CCCN(C)C)ccc1n2CCC1CCCN1C. The largest absolute Gasteiger partial charge is 0.507 e. The standard InChI is InChI=1S/C71H80N6O8/c1-42(14-24-66(80)47-17-21-63-54(35-47)53-34-46(44(3)78)16-20-62(53)76(63)32-26-50-12-9-29-73(50)7)70(84)48-18-22-60-55(36-48)56-37-49(19-23-61(56)75(60)31-11-28-72(5)6)71(85)43(2)15-25-67(81)59-39-58-57-38-52(45(4)79)68(82)40-64(57)77(65(58)41-69(59)83)33-27-51-13-10-30-74(51)8/h16-23,34-43,50-51,82-83H,9-15,24-33H2,1-8H3. The van der Waals surface area contributed by atoms with Crippen molar-refractivity contribution in [2.75, 3.05) is 47.8 Å². The van der Waals surface area contributed by atoms with E-state index in [0.29, 0.717) is 69.1 Å². The molecule has 0 bridgehead atoms. The molecule has 2 N–H and O–H groups in total. The van der Waals surface area contributed by atoms with E-state index in [1.807, 2.05) is 101 Å². The summed E-state index contributed by atoms with van der Waals surface area (Å²) in [5, 5.41) is 27.4. The predicted octanol–water partition coefficient (Wildman–Crippen LogP) is 13.7. The first kappa shape index (κ1) is 59.0. The van der Waals surface area contributed by atoms with Crippen LogP contribution in [0.3, 0.4) is 0 Å². The number of benzene rings is 6. The molecule has 0 amide bonds. The molecule has 2 fully saturated rings. The van der Waals surface area contributed by atoms with Crippen molar-refractivity contribution in [1.82, 2.24) is 28.4 Å². The highest BCUT2D eigenvalue weighted by Gasteiger charge is 2.28. The van der Waals surface area contributed by atoms with Crippen LogP contribution in [-0.2, 0) is 19.6 Å². The van der Waals surface area contributed by atoms with E-state index in [9.17, 15) is 39.0 Å². The number of ketones is 6. The van der Waals surface area contributed by atoms with E-state index in [1.54, 1.807) is 31.2 Å². The molecule has 85 heavy (non-hydrogen) atoms. The lowest BCUT2D eigenvalue weighted by atomic mass is 9.91. The predicted molar refractivity (Wildman–Crippen MR) is 339 cm³/mol. The van der Waals surface area contributed by atoms with Crippen LogP contribution in [0.2, 0.25) is 0 Å². The van der Waals surface area contributed by atoms with Crippen molar-refractivity contribution in [3.63, 3.8) is 0 Å². The summed E-state index contributed by atoms with van der Waals surface area (Å²) in [5.41, 5.74) is 7.94. The zero-order valence-corrected chi connectivity index (χ0v) is 50.6. The number of hydrogen-bond donors (Lipinski definition) is 2. The number of Topliss-reactive ketones (excluding diaryl/α,β-unsaturated/α-hetero) is 6. The lowest BCUT2D eigenvalue weighted by Crippen LogP contribution is -2.26. The number of aromatic nitrogens is 3. The van der Waals surface area contributed by atoms with Gasteiger partial charge in [-0.3, -0.25) is 28.8 Å². The molecule has 11 rings (SSSR count). The van der Waals surface area contributed by atoms with Crippen molar-refractivity contribution in [3.8, 4) is 11.5 Å². The summed E-state index contributed by atoms with van der Waals surface area (Å²) in [6.45, 7) is 11.9. The molecule has 3 aromatic heterocycles. The van der Waals surface area contributed by atoms with E-state index in [1.165, 1.54) is 19.8 Å². The zero-order chi connectivity index (χ0) is 60.1. The molecule has 0 saturated carbocycles. The Kier molecular flexibility index (Phi) is 16.9. The molecule has 2 saturated heterocycles. The Morgan fingerprint density at radius 3 is 1.35 bits per heavy atom. The second-order valence-electron chi connectivity index (χ2n) is 25.0. The number of phenolic OH excluding ortho intramolecular Hbond substituents is 2. The van der Waals surface area contributed by atoms with Crippen LogP contribution in [0.15, 0.2) is 97.1 Å². The first-order valence-electron chi connectivity index (χ1n) is 30.6. The summed E-state index contributed by atoms with van der Waals surface area (Å²) in [5.74, 6) is -2.13. The smallest absolute Gasteiger partial charge is 0.166 e. The quantitative estimate of drug-likeness (QED) is 0.0553. The minimum Gasteiger partial charge on any atom is -0.507 e. The van der Waals surface area contributed by atoms with Crippen molar-refractivity contribution in [2.45, 2.75) is 130 Å². The number of likely N-dealkylation sites (tertiary alicyclic amines) is 2. The number of carbonyl (C=O) groups excluding carboxylic acids is 6. The molecular weight excluding hydrogens is 1060 g/mol. The van der Waals surface area contributed by atoms with Crippen LogP contribution < -0.4 is 0 Å². The molecule has 0 aliphatic carbocycles. The maximum absolute atomic E-state index is 14.4. The van der Waals surface area contributed by atoms with Gasteiger partial charge in [0.2, 0.25) is 0 Å². The van der Waals surface area contributed by atoms with Crippen LogP contribution in [0.4, 0.5) is 0 Å². The number of nitrogens with zero attached hydrogens (tertiary/aromatic N) is 6. The lowest BCUT2D eigenvalue weighted by Gasteiger charge is -2.20. The van der Waals surface area contributed by atoms with Gasteiger partial charge in [-0.25, -0.2) is 0 Å². The van der Waals surface area contributed by atoms with Gasteiger partial charge in [0, 0.05) is 145 Å². The van der Waals surface area contributed by atoms with E-state index < -0.39 is 11.8 Å². The van der Waals surface area contributed by atoms with Gasteiger partial charge >= 0.3 is 0 Å². The zero-order valence-electron chi connectivity index (χ0n) is 50.6. The molecule has 4 unspecified atom stereocenters. The molecule has 442 valence electrons. The van der Waals surface area contributed by atoms with Gasteiger partial charge < -0.3 is 38.6 Å². The third-order valence-electron chi connectivity index (χ3n) is 19.0. The summed E-state index contributed by atoms with van der Waals surface area (Å²) in [4.78, 5) is 89.1. The minimum absolute atomic E-state index is 0.00297. The summed E-state index contributed by atoms with van der Waals surface area (Å²) in [6, 6.07) is 30.8. The molecule has 14 heteroatoms. The average molecular weight is 1150 g/mol. The Labute approximate surface area is 496 Å². The molecule has 4 atom stereocenters. The van der Waals surface area contributed by atoms with Crippen molar-refractivity contribution in [2.24, 2.45) is 11.8 Å². The average Bonchev–Trinajstić information content (AvgIpc) is 2.10. The molecule has 0 spiro atoms. The number of fused-ring (bicyclic) bond motifs is 9. The Balaban J connectivity index is 0.809. The van der Waals surface area contributed by atoms with E-state index in [0.717, 1.165) is 108 Å². The van der Waals surface area contributed by atoms with Gasteiger partial charge in [0.15, 0.2) is 34.7 Å². The minimum atomic E-state index is -0.547. The Hall–Kier alpha value is -7.78. The number of rotatable bonds is 24. The second kappa shape index (κ2) is 24.3. The molecule has 5 heterocycles. The van der Waals surface area contributed by atoms with Gasteiger partial charge in [-0.05, 0) is 204 Å². The maximum atomic E-state index is 14.4. The normalized spacial score (nSPS) is 16.8. The molecule has 0 radical (unpaired) electrons. The summed E-state index contributed by atoms with van der Waals surface area (Å²) >= 11 is 0. The van der Waals surface area contributed by atoms with E-state index in [-0.39, 0.29) is 76.6 Å². The summed E-state index contributed by atoms with van der Waals surface area (Å²) in [7, 11) is 8.41. The molecule has 2 aliphatic rings. The number of aromatic hydroxyl groups is 2. The molecule has 2 aliphatic heterocycles. The van der Waals surface area contributed by atoms with Gasteiger partial charge in [0.25, 0.3) is 0 Å². The van der Waals surface area contributed by atoms with Crippen LogP contribution in [0.5, 0.6) is 11.5 Å². The lowest BCUT2D eigenvalue weighted by molar-refractivity contribution is 0.0893. The monoisotopic (exact) mass is 1140 g/mol. The highest BCUT2D eigenvalue weighted by molar-refractivity contribution is 6.17. The second-order valence-corrected chi connectivity index (χ2v) is 25.0. The third kappa shape index (κ3) is 11.6. The highest BCUT2D eigenvalue weighted by atomic mass is 16.3. The molecule has 14 nitrogen and oxygen atoms in total. The van der Waals surface area contributed by atoms with Crippen LogP contribution >= 0.6 is 0 Å². The Morgan fingerprint density at radius 1 is 0.494 bits per heavy atom. The molecule has 9 aromatic rings. The fraction of sp³-hybridized carbons (Fsp3) is 0.408. The van der Waals surface area contributed by atoms with Crippen molar-refractivity contribution < 1.29 is 39.0 Å². The first-order valence-corrected chi connectivity index (χ1v) is 30.6.